The van der Waals surface area contributed by atoms with E-state index in [0.717, 1.165) is 0 Å². The molecule has 0 aromatic carbocycles. The maximum atomic E-state index is 2.00. The van der Waals surface area contributed by atoms with Crippen LogP contribution in [-0.4, -0.2) is 19.3 Å². The summed E-state index contributed by atoms with van der Waals surface area (Å²) in [6, 6.07) is 0. The van der Waals surface area contributed by atoms with E-state index in [9.17, 15) is 0 Å². The molecular formula is C5H7BN-. The molecule has 2 radical (unpaired) electrons. The number of allylic oxidation sites excluding steroid dienone is 2. The average molecular weight is 91.9 g/mol. The number of hydrogen-bond donors (Lipinski definition) is 0. The molecule has 0 unspecified atom stereocenters. The van der Waals surface area contributed by atoms with Crippen LogP contribution in [0.1, 0.15) is 0 Å². The van der Waals surface area contributed by atoms with Gasteiger partial charge in [0, 0.05) is 0 Å². The van der Waals surface area contributed by atoms with Crippen LogP contribution >= 0.6 is 0 Å². The van der Waals surface area contributed by atoms with Crippen molar-refractivity contribution >= 4 is 7.41 Å². The summed E-state index contributed by atoms with van der Waals surface area (Å²) >= 11 is 0. The normalized spacial score (nSPS) is 18.1. The lowest BCUT2D eigenvalue weighted by atomic mass is 9.90. The third kappa shape index (κ3) is 1.11. The van der Waals surface area contributed by atoms with Gasteiger partial charge in [0.15, 0.2) is 0 Å². The molecule has 2 heteroatoms. The van der Waals surface area contributed by atoms with Crippen molar-refractivity contribution in [2.24, 2.45) is 0 Å². The van der Waals surface area contributed by atoms with Gasteiger partial charge in [-0.15, -0.1) is 6.08 Å². The lowest BCUT2D eigenvalue weighted by Gasteiger charge is -2.28. The second kappa shape index (κ2) is 1.87. The summed E-state index contributed by atoms with van der Waals surface area (Å²) < 4.78 is 0. The predicted octanol–water partition coefficient (Wildman–Crippen LogP) is 0.578. The van der Waals surface area contributed by atoms with Gasteiger partial charge in [-0.1, -0.05) is 6.08 Å². The quantitative estimate of drug-likeness (QED) is 0.395. The van der Waals surface area contributed by atoms with Crippen LogP contribution in [-0.2, 0) is 0 Å². The van der Waals surface area contributed by atoms with Crippen molar-refractivity contribution < 1.29 is 0 Å². The summed E-state index contributed by atoms with van der Waals surface area (Å²) in [4.78, 5) is 2.00. The average Bonchev–Trinajstić information content (AvgIpc) is 1.69. The molecule has 1 nitrogen and oxygen atoms in total. The van der Waals surface area contributed by atoms with E-state index in [4.69, 9.17) is 0 Å². The summed E-state index contributed by atoms with van der Waals surface area (Å²) in [7, 11) is 4.00. The first-order valence-electron chi connectivity index (χ1n) is 2.30. The third-order valence-corrected chi connectivity index (χ3v) is 0.865. The summed E-state index contributed by atoms with van der Waals surface area (Å²) in [6.45, 7) is 0. The molecule has 1 aliphatic heterocycles. The Morgan fingerprint density at radius 2 is 2.29 bits per heavy atom. The first-order chi connectivity index (χ1) is 3.39. The molecule has 36 valence electrons. The Kier molecular flexibility index (Phi) is 1.20. The molecule has 0 aromatic rings. The van der Waals surface area contributed by atoms with Crippen LogP contribution in [0.15, 0.2) is 24.3 Å². The van der Waals surface area contributed by atoms with E-state index < -0.39 is 0 Å². The van der Waals surface area contributed by atoms with Gasteiger partial charge in [-0.2, -0.15) is 7.41 Å². The fraction of sp³-hybridized carbons (Fsp3) is 0.200. The monoisotopic (exact) mass is 92.1 g/mol. The molecule has 0 aliphatic carbocycles. The standard InChI is InChI=1S/C5H7BN/c1-7-5-3-2-4-6-7/h2-5H,1H3/q-1. The first-order valence-corrected chi connectivity index (χ1v) is 2.30. The lowest BCUT2D eigenvalue weighted by molar-refractivity contribution is 0.734. The molecule has 0 aromatic heterocycles. The van der Waals surface area contributed by atoms with E-state index in [-0.39, 0.29) is 0 Å². The second-order valence-corrected chi connectivity index (χ2v) is 1.54. The fourth-order valence-electron chi connectivity index (χ4n) is 0.485. The Morgan fingerprint density at radius 1 is 1.43 bits per heavy atom. The summed E-state index contributed by atoms with van der Waals surface area (Å²) in [5.41, 5.74) is 0. The second-order valence-electron chi connectivity index (χ2n) is 1.54. The maximum Gasteiger partial charge on any atom is -0.0383 e. The third-order valence-electron chi connectivity index (χ3n) is 0.865. The van der Waals surface area contributed by atoms with Gasteiger partial charge in [-0.3, -0.25) is 5.98 Å². The van der Waals surface area contributed by atoms with Crippen LogP contribution in [0.5, 0.6) is 0 Å². The maximum absolute atomic E-state index is 2.00. The van der Waals surface area contributed by atoms with Crippen LogP contribution in [0, 0.1) is 0 Å². The first kappa shape index (κ1) is 4.50. The molecule has 0 amide bonds. The summed E-state index contributed by atoms with van der Waals surface area (Å²) in [5.74, 6) is 2.00. The fourth-order valence-corrected chi connectivity index (χ4v) is 0.485. The van der Waals surface area contributed by atoms with Gasteiger partial charge in [-0.25, -0.2) is 0 Å². The Morgan fingerprint density at radius 3 is 2.57 bits per heavy atom. The molecule has 1 rings (SSSR count). The van der Waals surface area contributed by atoms with Gasteiger partial charge in [0.1, 0.15) is 0 Å². The zero-order valence-corrected chi connectivity index (χ0v) is 4.33. The smallest absolute Gasteiger partial charge is 0.0383 e. The van der Waals surface area contributed by atoms with Gasteiger partial charge in [0.05, 0.1) is 0 Å². The van der Waals surface area contributed by atoms with E-state index >= 15 is 0 Å². The van der Waals surface area contributed by atoms with Crippen molar-refractivity contribution in [3.8, 4) is 0 Å². The van der Waals surface area contributed by atoms with Crippen LogP contribution < -0.4 is 0 Å². The van der Waals surface area contributed by atoms with Gasteiger partial charge in [-0.05, 0) is 13.2 Å². The van der Waals surface area contributed by atoms with Gasteiger partial charge >= 0.3 is 0 Å². The Bertz CT molecular complexity index is 107. The highest BCUT2D eigenvalue weighted by molar-refractivity contribution is 6.39. The van der Waals surface area contributed by atoms with Crippen molar-refractivity contribution in [2.75, 3.05) is 7.05 Å². The van der Waals surface area contributed by atoms with Crippen molar-refractivity contribution in [3.05, 3.63) is 24.3 Å². The molecule has 1 heterocycles. The minimum Gasteiger partial charge on any atom is -0.615 e. The summed E-state index contributed by atoms with van der Waals surface area (Å²) in [6.07, 6.45) is 6.00. The van der Waals surface area contributed by atoms with E-state index in [1.54, 1.807) is 0 Å². The van der Waals surface area contributed by atoms with Crippen molar-refractivity contribution in [3.63, 3.8) is 0 Å². The Labute approximate surface area is 44.6 Å². The van der Waals surface area contributed by atoms with Crippen molar-refractivity contribution in [1.29, 1.82) is 0 Å². The molecule has 0 saturated heterocycles. The molecule has 0 fully saturated rings. The van der Waals surface area contributed by atoms with Gasteiger partial charge < -0.3 is 4.81 Å². The number of rotatable bonds is 0. The van der Waals surface area contributed by atoms with Crippen molar-refractivity contribution in [1.82, 2.24) is 4.81 Å². The van der Waals surface area contributed by atoms with Crippen molar-refractivity contribution in [2.45, 2.75) is 0 Å². The van der Waals surface area contributed by atoms with Crippen LogP contribution in [0.3, 0.4) is 0 Å². The number of nitrogens with zero attached hydrogens (tertiary/aromatic N) is 1. The predicted molar refractivity (Wildman–Crippen MR) is 31.8 cm³/mol. The van der Waals surface area contributed by atoms with Gasteiger partial charge in [0.2, 0.25) is 0 Å². The zero-order chi connectivity index (χ0) is 5.11. The van der Waals surface area contributed by atoms with Crippen LogP contribution in [0.25, 0.3) is 0 Å². The zero-order valence-electron chi connectivity index (χ0n) is 4.33. The van der Waals surface area contributed by atoms with E-state index in [1.165, 1.54) is 0 Å². The highest BCUT2D eigenvalue weighted by Gasteiger charge is 1.71. The minimum absolute atomic E-state index is 2.00. The molecular weight excluding hydrogens is 84.9 g/mol. The SMILES string of the molecule is CN1[B-]C=CC=C1. The molecule has 1 aliphatic rings. The molecule has 0 bridgehead atoms. The largest absolute Gasteiger partial charge is 0.615 e. The highest BCUT2D eigenvalue weighted by atomic mass is 15.0. The molecule has 0 saturated carbocycles. The Hall–Kier alpha value is -0.655. The molecule has 7 heavy (non-hydrogen) atoms. The minimum atomic E-state index is 2.00. The van der Waals surface area contributed by atoms with Gasteiger partial charge in [0.25, 0.3) is 0 Å². The van der Waals surface area contributed by atoms with E-state index in [1.807, 2.05) is 43.6 Å². The van der Waals surface area contributed by atoms with E-state index in [2.05, 4.69) is 0 Å². The highest BCUT2D eigenvalue weighted by Crippen LogP contribution is 1.89. The lowest BCUT2D eigenvalue weighted by Crippen LogP contribution is -2.15. The van der Waals surface area contributed by atoms with Crippen LogP contribution in [0.2, 0.25) is 0 Å². The van der Waals surface area contributed by atoms with E-state index in [0.29, 0.717) is 0 Å². The summed E-state index contributed by atoms with van der Waals surface area (Å²) in [5, 5.41) is 0. The Balaban J connectivity index is 2.49. The number of hydrogen-bond acceptors (Lipinski definition) is 1. The molecule has 0 N–H and O–H groups in total. The molecule has 0 atom stereocenters. The molecule has 0 spiro atoms. The van der Waals surface area contributed by atoms with Crippen LogP contribution in [0.4, 0.5) is 0 Å². The topological polar surface area (TPSA) is 3.24 Å².